The summed E-state index contributed by atoms with van der Waals surface area (Å²) in [4.78, 5) is 9.03. The molecule has 0 bridgehead atoms. The van der Waals surface area contributed by atoms with Gasteiger partial charge in [0.1, 0.15) is 0 Å². The summed E-state index contributed by atoms with van der Waals surface area (Å²) in [6, 6.07) is 2.61. The molecular weight excluding hydrogens is 192 g/mol. The van der Waals surface area contributed by atoms with Gasteiger partial charge in [-0.3, -0.25) is 0 Å². The topological polar surface area (TPSA) is 15.6 Å². The standard InChI is InChI=1S/C11H14N2S/c1-8-6-9(2)14-11(8)10-4-5-12-7-13(10)3/h4-7,10H,1-3H3. The molecule has 0 radical (unpaired) electrons. The maximum Gasteiger partial charge on any atom is 0.0910 e. The number of hydrogen-bond acceptors (Lipinski definition) is 3. The molecule has 1 aliphatic heterocycles. The lowest BCUT2D eigenvalue weighted by molar-refractivity contribution is 0.450. The van der Waals surface area contributed by atoms with Gasteiger partial charge in [-0.1, -0.05) is 0 Å². The van der Waals surface area contributed by atoms with Crippen molar-refractivity contribution in [1.29, 1.82) is 0 Å². The molecule has 0 amide bonds. The summed E-state index contributed by atoms with van der Waals surface area (Å²) < 4.78 is 0. The largest absolute Gasteiger partial charge is 0.354 e. The average Bonchev–Trinajstić information content (AvgIpc) is 2.46. The van der Waals surface area contributed by atoms with E-state index in [4.69, 9.17) is 0 Å². The lowest BCUT2D eigenvalue weighted by atomic mass is 10.1. The molecule has 1 aromatic rings. The van der Waals surface area contributed by atoms with Crippen LogP contribution < -0.4 is 0 Å². The third kappa shape index (κ3) is 1.60. The first-order valence-electron chi connectivity index (χ1n) is 4.67. The molecule has 0 saturated heterocycles. The Hall–Kier alpha value is -1.09. The summed E-state index contributed by atoms with van der Waals surface area (Å²) in [6.45, 7) is 4.33. The molecule has 0 spiro atoms. The predicted molar refractivity (Wildman–Crippen MR) is 61.9 cm³/mol. The molecule has 1 unspecified atom stereocenters. The summed E-state index contributed by atoms with van der Waals surface area (Å²) in [6.07, 6.45) is 5.89. The Kier molecular flexibility index (Phi) is 2.42. The van der Waals surface area contributed by atoms with Crippen LogP contribution in [-0.2, 0) is 0 Å². The molecule has 1 aliphatic rings. The molecule has 0 aromatic carbocycles. The van der Waals surface area contributed by atoms with Gasteiger partial charge in [0, 0.05) is 23.0 Å². The van der Waals surface area contributed by atoms with E-state index in [-0.39, 0.29) is 0 Å². The molecule has 1 aromatic heterocycles. The summed E-state index contributed by atoms with van der Waals surface area (Å²) in [5.41, 5.74) is 1.38. The highest BCUT2D eigenvalue weighted by atomic mass is 32.1. The third-order valence-corrected chi connectivity index (χ3v) is 3.61. The second kappa shape index (κ2) is 3.58. The summed E-state index contributed by atoms with van der Waals surface area (Å²) in [5, 5.41) is 0. The van der Waals surface area contributed by atoms with Crippen LogP contribution in [-0.4, -0.2) is 18.3 Å². The predicted octanol–water partition coefficient (Wildman–Crippen LogP) is 2.89. The molecule has 0 fully saturated rings. The molecule has 2 rings (SSSR count). The Morgan fingerprint density at radius 2 is 2.21 bits per heavy atom. The van der Waals surface area contributed by atoms with Crippen molar-refractivity contribution in [2.24, 2.45) is 4.99 Å². The summed E-state index contributed by atoms with van der Waals surface area (Å²) in [5.74, 6) is 0. The van der Waals surface area contributed by atoms with E-state index < -0.39 is 0 Å². The number of aryl methyl sites for hydroxylation is 2. The zero-order chi connectivity index (χ0) is 10.1. The first-order valence-corrected chi connectivity index (χ1v) is 5.49. The van der Waals surface area contributed by atoms with Crippen LogP contribution in [0.4, 0.5) is 0 Å². The Morgan fingerprint density at radius 1 is 1.43 bits per heavy atom. The molecule has 14 heavy (non-hydrogen) atoms. The zero-order valence-corrected chi connectivity index (χ0v) is 9.51. The van der Waals surface area contributed by atoms with Crippen molar-refractivity contribution in [3.8, 4) is 0 Å². The molecule has 2 nitrogen and oxygen atoms in total. The van der Waals surface area contributed by atoms with Gasteiger partial charge in [0.25, 0.3) is 0 Å². The number of hydrogen-bond donors (Lipinski definition) is 0. The van der Waals surface area contributed by atoms with Crippen LogP contribution in [0, 0.1) is 13.8 Å². The van der Waals surface area contributed by atoms with Crippen molar-refractivity contribution in [2.75, 3.05) is 7.05 Å². The lowest BCUT2D eigenvalue weighted by Crippen LogP contribution is -2.22. The number of thiophene rings is 1. The number of aliphatic imine (C=N–C) groups is 1. The van der Waals surface area contributed by atoms with Gasteiger partial charge in [0.2, 0.25) is 0 Å². The minimum absolute atomic E-state index is 0.367. The van der Waals surface area contributed by atoms with Gasteiger partial charge in [-0.25, -0.2) is 4.99 Å². The lowest BCUT2D eigenvalue weighted by Gasteiger charge is -2.24. The monoisotopic (exact) mass is 206 g/mol. The van der Waals surface area contributed by atoms with E-state index in [1.807, 2.05) is 23.9 Å². The van der Waals surface area contributed by atoms with E-state index in [0.717, 1.165) is 0 Å². The fourth-order valence-electron chi connectivity index (χ4n) is 1.71. The van der Waals surface area contributed by atoms with Crippen LogP contribution in [0.1, 0.15) is 21.4 Å². The summed E-state index contributed by atoms with van der Waals surface area (Å²) >= 11 is 1.87. The van der Waals surface area contributed by atoms with Crippen LogP contribution in [0.15, 0.2) is 23.3 Å². The van der Waals surface area contributed by atoms with Gasteiger partial charge in [-0.15, -0.1) is 11.3 Å². The minimum atomic E-state index is 0.367. The second-order valence-corrected chi connectivity index (χ2v) is 4.91. The number of nitrogens with zero attached hydrogens (tertiary/aromatic N) is 2. The van der Waals surface area contributed by atoms with Crippen LogP contribution in [0.3, 0.4) is 0 Å². The molecule has 1 atom stereocenters. The normalized spacial score (nSPS) is 20.5. The smallest absolute Gasteiger partial charge is 0.0910 e. The van der Waals surface area contributed by atoms with Crippen molar-refractivity contribution in [2.45, 2.75) is 19.9 Å². The maximum absolute atomic E-state index is 4.10. The molecule has 0 saturated carbocycles. The first kappa shape index (κ1) is 9.46. The second-order valence-electron chi connectivity index (χ2n) is 3.62. The van der Waals surface area contributed by atoms with Crippen LogP contribution in [0.2, 0.25) is 0 Å². The fourth-order valence-corrected chi connectivity index (χ4v) is 2.88. The number of likely N-dealkylation sites (N-methyl/N-ethyl adjacent to an activating group) is 1. The Labute approximate surface area is 88.6 Å². The van der Waals surface area contributed by atoms with E-state index in [1.165, 1.54) is 15.3 Å². The molecule has 3 heteroatoms. The van der Waals surface area contributed by atoms with Crippen molar-refractivity contribution >= 4 is 17.7 Å². The maximum atomic E-state index is 4.10. The molecule has 0 aliphatic carbocycles. The third-order valence-electron chi connectivity index (χ3n) is 2.39. The summed E-state index contributed by atoms with van der Waals surface area (Å²) in [7, 11) is 2.06. The SMILES string of the molecule is Cc1cc(C)c(C2C=CN=CN2C)s1. The fraction of sp³-hybridized carbons (Fsp3) is 0.364. The molecule has 0 N–H and O–H groups in total. The van der Waals surface area contributed by atoms with Crippen molar-refractivity contribution in [3.63, 3.8) is 0 Å². The molecular formula is C11H14N2S. The Morgan fingerprint density at radius 3 is 2.79 bits per heavy atom. The quantitative estimate of drug-likeness (QED) is 0.690. The van der Waals surface area contributed by atoms with Gasteiger partial charge in [-0.05, 0) is 31.6 Å². The first-order chi connectivity index (χ1) is 6.68. The average molecular weight is 206 g/mol. The van der Waals surface area contributed by atoms with E-state index in [9.17, 15) is 0 Å². The van der Waals surface area contributed by atoms with Crippen molar-refractivity contribution in [1.82, 2.24) is 4.90 Å². The van der Waals surface area contributed by atoms with Gasteiger partial charge in [-0.2, -0.15) is 0 Å². The minimum Gasteiger partial charge on any atom is -0.354 e. The van der Waals surface area contributed by atoms with E-state index in [0.29, 0.717) is 6.04 Å². The van der Waals surface area contributed by atoms with E-state index in [2.05, 4.69) is 42.9 Å². The molecule has 2 heterocycles. The Bertz CT molecular complexity index is 390. The van der Waals surface area contributed by atoms with E-state index in [1.54, 1.807) is 0 Å². The van der Waals surface area contributed by atoms with Gasteiger partial charge < -0.3 is 4.90 Å². The van der Waals surface area contributed by atoms with Crippen LogP contribution >= 0.6 is 11.3 Å². The van der Waals surface area contributed by atoms with E-state index >= 15 is 0 Å². The van der Waals surface area contributed by atoms with Gasteiger partial charge >= 0.3 is 0 Å². The highest BCUT2D eigenvalue weighted by molar-refractivity contribution is 7.12. The van der Waals surface area contributed by atoms with Crippen LogP contribution in [0.25, 0.3) is 0 Å². The highest BCUT2D eigenvalue weighted by Gasteiger charge is 2.17. The van der Waals surface area contributed by atoms with Gasteiger partial charge in [0.15, 0.2) is 0 Å². The number of rotatable bonds is 1. The van der Waals surface area contributed by atoms with Crippen molar-refractivity contribution in [3.05, 3.63) is 33.7 Å². The zero-order valence-electron chi connectivity index (χ0n) is 8.69. The van der Waals surface area contributed by atoms with Crippen LogP contribution in [0.5, 0.6) is 0 Å². The molecule has 74 valence electrons. The van der Waals surface area contributed by atoms with Crippen molar-refractivity contribution < 1.29 is 0 Å². The van der Waals surface area contributed by atoms with Gasteiger partial charge in [0.05, 0.1) is 12.4 Å². The highest BCUT2D eigenvalue weighted by Crippen LogP contribution is 2.32. The Balaban J connectivity index is 2.35.